The summed E-state index contributed by atoms with van der Waals surface area (Å²) >= 11 is 0. The van der Waals surface area contributed by atoms with Gasteiger partial charge >= 0.3 is 0 Å². The van der Waals surface area contributed by atoms with Crippen LogP contribution in [0.5, 0.6) is 5.88 Å². The van der Waals surface area contributed by atoms with Crippen LogP contribution in [0.4, 0.5) is 5.95 Å². The van der Waals surface area contributed by atoms with Gasteiger partial charge in [0.15, 0.2) is 0 Å². The van der Waals surface area contributed by atoms with E-state index in [1.54, 1.807) is 12.3 Å². The number of hydrogen-bond donors (Lipinski definition) is 1. The Morgan fingerprint density at radius 2 is 1.88 bits per heavy atom. The van der Waals surface area contributed by atoms with E-state index in [9.17, 15) is 5.11 Å². The molecule has 1 aromatic heterocycles. The summed E-state index contributed by atoms with van der Waals surface area (Å²) in [6.07, 6.45) is 1.29. The van der Waals surface area contributed by atoms with Crippen molar-refractivity contribution in [3.8, 4) is 5.88 Å². The molecule has 0 bridgehead atoms. The standard InChI is InChI=1S/C18H24N4O2/c1-2-24-17-8-9-19-18(20-17)22-12-10-21(11-13-22)14-16(23)15-6-4-3-5-7-15/h3-9,16,23H,2,10-14H2,1H3/t16-/m0/s1. The maximum absolute atomic E-state index is 10.4. The van der Waals surface area contributed by atoms with E-state index in [4.69, 9.17) is 4.74 Å². The molecule has 1 aliphatic heterocycles. The van der Waals surface area contributed by atoms with Crippen LogP contribution in [0.1, 0.15) is 18.6 Å². The largest absolute Gasteiger partial charge is 0.478 e. The van der Waals surface area contributed by atoms with Crippen LogP contribution in [0.15, 0.2) is 42.6 Å². The molecule has 2 aromatic rings. The first-order valence-corrected chi connectivity index (χ1v) is 8.42. The Hall–Kier alpha value is -2.18. The molecule has 0 amide bonds. The molecule has 1 fully saturated rings. The van der Waals surface area contributed by atoms with Gasteiger partial charge in [-0.3, -0.25) is 4.90 Å². The van der Waals surface area contributed by atoms with Crippen molar-refractivity contribution in [1.29, 1.82) is 0 Å². The Morgan fingerprint density at radius 1 is 1.12 bits per heavy atom. The van der Waals surface area contributed by atoms with E-state index < -0.39 is 6.10 Å². The fourth-order valence-corrected chi connectivity index (χ4v) is 2.87. The van der Waals surface area contributed by atoms with Gasteiger partial charge in [0, 0.05) is 45.0 Å². The van der Waals surface area contributed by atoms with Gasteiger partial charge in [-0.25, -0.2) is 4.98 Å². The van der Waals surface area contributed by atoms with Crippen molar-refractivity contribution >= 4 is 5.95 Å². The number of hydrogen-bond acceptors (Lipinski definition) is 6. The summed E-state index contributed by atoms with van der Waals surface area (Å²) < 4.78 is 5.44. The highest BCUT2D eigenvalue weighted by Gasteiger charge is 2.21. The maximum atomic E-state index is 10.4. The molecule has 128 valence electrons. The van der Waals surface area contributed by atoms with Gasteiger partial charge in [-0.2, -0.15) is 4.98 Å². The summed E-state index contributed by atoms with van der Waals surface area (Å²) in [5.41, 5.74) is 0.965. The highest BCUT2D eigenvalue weighted by molar-refractivity contribution is 5.32. The number of anilines is 1. The smallest absolute Gasteiger partial charge is 0.228 e. The Kier molecular flexibility index (Phi) is 5.61. The van der Waals surface area contributed by atoms with Crippen LogP contribution in [0, 0.1) is 0 Å². The molecule has 0 unspecified atom stereocenters. The summed E-state index contributed by atoms with van der Waals surface area (Å²) in [4.78, 5) is 13.2. The second-order valence-electron chi connectivity index (χ2n) is 5.84. The predicted molar refractivity (Wildman–Crippen MR) is 93.3 cm³/mol. The van der Waals surface area contributed by atoms with Gasteiger partial charge in [-0.05, 0) is 12.5 Å². The van der Waals surface area contributed by atoms with Crippen molar-refractivity contribution < 1.29 is 9.84 Å². The minimum absolute atomic E-state index is 0.449. The zero-order valence-corrected chi connectivity index (χ0v) is 14.0. The third-order valence-electron chi connectivity index (χ3n) is 4.18. The minimum Gasteiger partial charge on any atom is -0.478 e. The Balaban J connectivity index is 1.53. The van der Waals surface area contributed by atoms with Crippen molar-refractivity contribution in [2.75, 3.05) is 44.2 Å². The summed E-state index contributed by atoms with van der Waals surface area (Å²) in [5.74, 6) is 1.33. The lowest BCUT2D eigenvalue weighted by Gasteiger charge is -2.35. The molecule has 1 atom stereocenters. The average Bonchev–Trinajstić information content (AvgIpc) is 2.63. The molecule has 1 saturated heterocycles. The zero-order valence-electron chi connectivity index (χ0n) is 14.0. The van der Waals surface area contributed by atoms with Gasteiger partial charge in [0.1, 0.15) is 0 Å². The third kappa shape index (κ3) is 4.21. The summed E-state index contributed by atoms with van der Waals surface area (Å²) in [7, 11) is 0. The van der Waals surface area contributed by atoms with Crippen LogP contribution in [-0.2, 0) is 0 Å². The van der Waals surface area contributed by atoms with Crippen molar-refractivity contribution in [2.24, 2.45) is 0 Å². The van der Waals surface area contributed by atoms with E-state index in [1.165, 1.54) is 0 Å². The number of aromatic nitrogens is 2. The first kappa shape index (κ1) is 16.7. The van der Waals surface area contributed by atoms with E-state index in [0.717, 1.165) is 31.7 Å². The van der Waals surface area contributed by atoms with E-state index in [2.05, 4.69) is 19.8 Å². The van der Waals surface area contributed by atoms with Crippen molar-refractivity contribution in [3.63, 3.8) is 0 Å². The lowest BCUT2D eigenvalue weighted by Crippen LogP contribution is -2.48. The van der Waals surface area contributed by atoms with Crippen molar-refractivity contribution in [3.05, 3.63) is 48.2 Å². The predicted octanol–water partition coefficient (Wildman–Crippen LogP) is 1.73. The number of benzene rings is 1. The van der Waals surface area contributed by atoms with Gasteiger partial charge in [-0.15, -0.1) is 0 Å². The number of nitrogens with zero attached hydrogens (tertiary/aromatic N) is 4. The summed E-state index contributed by atoms with van der Waals surface area (Å²) in [6.45, 7) is 6.64. The molecule has 1 aromatic carbocycles. The summed E-state index contributed by atoms with van der Waals surface area (Å²) in [5, 5.41) is 10.4. The van der Waals surface area contributed by atoms with E-state index in [1.807, 2.05) is 37.3 Å². The fourth-order valence-electron chi connectivity index (χ4n) is 2.87. The van der Waals surface area contributed by atoms with Crippen LogP contribution >= 0.6 is 0 Å². The number of rotatable bonds is 6. The molecule has 24 heavy (non-hydrogen) atoms. The Morgan fingerprint density at radius 3 is 2.58 bits per heavy atom. The van der Waals surface area contributed by atoms with E-state index in [0.29, 0.717) is 25.0 Å². The quantitative estimate of drug-likeness (QED) is 0.871. The molecule has 0 spiro atoms. The number of aliphatic hydroxyl groups is 1. The van der Waals surface area contributed by atoms with Crippen LogP contribution < -0.4 is 9.64 Å². The van der Waals surface area contributed by atoms with Crippen molar-refractivity contribution in [2.45, 2.75) is 13.0 Å². The van der Waals surface area contributed by atoms with Gasteiger partial charge in [-0.1, -0.05) is 30.3 Å². The molecule has 0 radical (unpaired) electrons. The van der Waals surface area contributed by atoms with E-state index >= 15 is 0 Å². The zero-order chi connectivity index (χ0) is 16.8. The molecule has 6 nitrogen and oxygen atoms in total. The first-order chi connectivity index (χ1) is 11.8. The number of ether oxygens (including phenoxy) is 1. The second kappa shape index (κ2) is 8.08. The normalized spacial score (nSPS) is 16.8. The molecule has 2 heterocycles. The fraction of sp³-hybridized carbons (Fsp3) is 0.444. The highest BCUT2D eigenvalue weighted by atomic mass is 16.5. The third-order valence-corrected chi connectivity index (χ3v) is 4.18. The van der Waals surface area contributed by atoms with Crippen molar-refractivity contribution in [1.82, 2.24) is 14.9 Å². The Labute approximate surface area is 142 Å². The maximum Gasteiger partial charge on any atom is 0.228 e. The lowest BCUT2D eigenvalue weighted by molar-refractivity contribution is 0.109. The molecule has 1 aliphatic rings. The van der Waals surface area contributed by atoms with Crippen LogP contribution in [-0.4, -0.2) is 59.3 Å². The molecular weight excluding hydrogens is 304 g/mol. The molecule has 6 heteroatoms. The van der Waals surface area contributed by atoms with Crippen LogP contribution in [0.25, 0.3) is 0 Å². The number of β-amino-alcohol motifs (C(OH)–C–C–N with tert-alkyl or cyclic N) is 1. The van der Waals surface area contributed by atoms with Gasteiger partial charge in [0.2, 0.25) is 11.8 Å². The number of piperazine rings is 1. The van der Waals surface area contributed by atoms with Crippen LogP contribution in [0.2, 0.25) is 0 Å². The first-order valence-electron chi connectivity index (χ1n) is 8.42. The summed E-state index contributed by atoms with van der Waals surface area (Å²) in [6, 6.07) is 11.6. The molecular formula is C18H24N4O2. The molecule has 0 saturated carbocycles. The van der Waals surface area contributed by atoms with E-state index in [-0.39, 0.29) is 0 Å². The Bertz CT molecular complexity index is 630. The van der Waals surface area contributed by atoms with Crippen LogP contribution in [0.3, 0.4) is 0 Å². The second-order valence-corrected chi connectivity index (χ2v) is 5.84. The topological polar surface area (TPSA) is 61.7 Å². The van der Waals surface area contributed by atoms with Gasteiger partial charge in [0.05, 0.1) is 12.7 Å². The molecule has 1 N–H and O–H groups in total. The average molecular weight is 328 g/mol. The minimum atomic E-state index is -0.449. The molecule has 0 aliphatic carbocycles. The monoisotopic (exact) mass is 328 g/mol. The molecule has 3 rings (SSSR count). The number of aliphatic hydroxyl groups excluding tert-OH is 1. The lowest BCUT2D eigenvalue weighted by atomic mass is 10.1. The highest BCUT2D eigenvalue weighted by Crippen LogP contribution is 2.18. The van der Waals surface area contributed by atoms with Gasteiger partial charge in [0.25, 0.3) is 0 Å². The SMILES string of the molecule is CCOc1ccnc(N2CCN(C[C@H](O)c3ccccc3)CC2)n1. The van der Waals surface area contributed by atoms with Gasteiger partial charge < -0.3 is 14.7 Å².